The molecule has 2 aliphatic rings. The lowest BCUT2D eigenvalue weighted by molar-refractivity contribution is 0.0612. The highest BCUT2D eigenvalue weighted by molar-refractivity contribution is 6.30. The van der Waals surface area contributed by atoms with E-state index in [1.165, 1.54) is 18.4 Å². The van der Waals surface area contributed by atoms with Crippen LogP contribution >= 0.6 is 11.6 Å². The quantitative estimate of drug-likeness (QED) is 0.719. The van der Waals surface area contributed by atoms with E-state index >= 15 is 0 Å². The van der Waals surface area contributed by atoms with Gasteiger partial charge in [-0.05, 0) is 69.1 Å². The summed E-state index contributed by atoms with van der Waals surface area (Å²) < 4.78 is 0. The Labute approximate surface area is 196 Å². The van der Waals surface area contributed by atoms with E-state index < -0.39 is 5.91 Å². The number of anilines is 1. The second-order valence-electron chi connectivity index (χ2n) is 9.04. The van der Waals surface area contributed by atoms with E-state index in [2.05, 4.69) is 38.7 Å². The summed E-state index contributed by atoms with van der Waals surface area (Å²) in [4.78, 5) is 23.6. The molecule has 0 bridgehead atoms. The zero-order valence-electron chi connectivity index (χ0n) is 19.1. The van der Waals surface area contributed by atoms with Crippen molar-refractivity contribution in [2.45, 2.75) is 51.7 Å². The number of likely N-dealkylation sites (tertiary alicyclic amines) is 1. The Hall–Kier alpha value is -2.15. The average molecular weight is 456 g/mol. The average Bonchev–Trinajstić information content (AvgIpc) is 2.80. The number of nitrogens with two attached hydrogens (primary N) is 1. The minimum absolute atomic E-state index is 0.335. The van der Waals surface area contributed by atoms with Crippen LogP contribution in [0.5, 0.6) is 0 Å². The number of aromatic nitrogens is 1. The number of piperidine rings is 1. The Kier molecular flexibility index (Phi) is 7.33. The van der Waals surface area contributed by atoms with Crippen LogP contribution in [-0.4, -0.2) is 65.5 Å². The van der Waals surface area contributed by atoms with Gasteiger partial charge in [-0.2, -0.15) is 0 Å². The number of hydrogen-bond donors (Lipinski definition) is 1. The molecule has 6 nitrogen and oxygen atoms in total. The van der Waals surface area contributed by atoms with Gasteiger partial charge in [-0.25, -0.2) is 4.98 Å². The van der Waals surface area contributed by atoms with Crippen LogP contribution in [0.3, 0.4) is 0 Å². The number of piperazine rings is 1. The van der Waals surface area contributed by atoms with Crippen LogP contribution in [0.25, 0.3) is 0 Å². The monoisotopic (exact) mass is 455 g/mol. The Morgan fingerprint density at radius 2 is 1.81 bits per heavy atom. The van der Waals surface area contributed by atoms with Gasteiger partial charge in [0.1, 0.15) is 5.69 Å². The normalized spacial score (nSPS) is 21.1. The van der Waals surface area contributed by atoms with Crippen molar-refractivity contribution in [3.8, 4) is 0 Å². The van der Waals surface area contributed by atoms with Crippen molar-refractivity contribution in [3.05, 3.63) is 58.4 Å². The van der Waals surface area contributed by atoms with Gasteiger partial charge in [0.05, 0.1) is 11.4 Å². The number of aryl methyl sites for hydroxylation is 1. The lowest BCUT2D eigenvalue weighted by atomic mass is 9.97. The molecular weight excluding hydrogens is 422 g/mol. The van der Waals surface area contributed by atoms with E-state index in [4.69, 9.17) is 17.3 Å². The summed E-state index contributed by atoms with van der Waals surface area (Å²) in [7, 11) is 0. The number of rotatable bonds is 6. The number of amides is 1. The molecule has 1 amide bonds. The molecule has 0 radical (unpaired) electrons. The molecule has 3 heterocycles. The molecule has 7 heteroatoms. The third-order valence-electron chi connectivity index (χ3n) is 7.00. The summed E-state index contributed by atoms with van der Waals surface area (Å²) >= 11 is 6.02. The molecule has 2 saturated heterocycles. The van der Waals surface area contributed by atoms with Gasteiger partial charge in [0, 0.05) is 43.3 Å². The molecule has 172 valence electrons. The first-order chi connectivity index (χ1) is 15.4. The van der Waals surface area contributed by atoms with Gasteiger partial charge in [0.15, 0.2) is 0 Å². The highest BCUT2D eigenvalue weighted by Crippen LogP contribution is 2.28. The van der Waals surface area contributed by atoms with Crippen LogP contribution in [0.15, 0.2) is 36.4 Å². The molecule has 32 heavy (non-hydrogen) atoms. The number of carbonyl (C=O) groups excluding carboxylic acids is 1. The third-order valence-corrected chi connectivity index (χ3v) is 7.25. The van der Waals surface area contributed by atoms with Gasteiger partial charge in [-0.1, -0.05) is 30.7 Å². The number of primary amides is 1. The minimum atomic E-state index is -0.474. The smallest absolute Gasteiger partial charge is 0.267 e. The zero-order chi connectivity index (χ0) is 22.7. The minimum Gasteiger partial charge on any atom is -0.367 e. The van der Waals surface area contributed by atoms with E-state index in [0.29, 0.717) is 17.8 Å². The van der Waals surface area contributed by atoms with Gasteiger partial charge in [-0.15, -0.1) is 0 Å². The predicted octanol–water partition coefficient (Wildman–Crippen LogP) is 3.71. The first-order valence-electron chi connectivity index (χ1n) is 11.7. The molecule has 1 atom stereocenters. The molecule has 0 saturated carbocycles. The maximum atomic E-state index is 11.4. The summed E-state index contributed by atoms with van der Waals surface area (Å²) in [5, 5.41) is 0.798. The number of hydrogen-bond acceptors (Lipinski definition) is 5. The molecule has 1 aromatic heterocycles. The highest BCUT2D eigenvalue weighted by atomic mass is 35.5. The predicted molar refractivity (Wildman–Crippen MR) is 130 cm³/mol. The lowest BCUT2D eigenvalue weighted by Gasteiger charge is -2.48. The van der Waals surface area contributed by atoms with Crippen LogP contribution in [0.4, 0.5) is 5.69 Å². The maximum absolute atomic E-state index is 11.4. The second-order valence-corrected chi connectivity index (χ2v) is 9.48. The van der Waals surface area contributed by atoms with E-state index in [-0.39, 0.29) is 0 Å². The molecule has 1 aromatic carbocycles. The zero-order valence-corrected chi connectivity index (χ0v) is 19.9. The Balaban J connectivity index is 1.34. The second kappa shape index (κ2) is 10.2. The number of nitrogens with zero attached hydrogens (tertiary/aromatic N) is 4. The summed E-state index contributed by atoms with van der Waals surface area (Å²) in [6, 6.07) is 13.2. The summed E-state index contributed by atoms with van der Waals surface area (Å²) in [6.07, 6.45) is 3.57. The Morgan fingerprint density at radius 3 is 2.44 bits per heavy atom. The van der Waals surface area contributed by atoms with Crippen molar-refractivity contribution in [1.82, 2.24) is 14.8 Å². The van der Waals surface area contributed by atoms with Gasteiger partial charge in [0.2, 0.25) is 0 Å². The van der Waals surface area contributed by atoms with Gasteiger partial charge in [-0.3, -0.25) is 14.6 Å². The topological polar surface area (TPSA) is 65.7 Å². The first kappa shape index (κ1) is 23.0. The molecule has 2 N–H and O–H groups in total. The lowest BCUT2D eigenvalue weighted by Crippen LogP contribution is -2.58. The summed E-state index contributed by atoms with van der Waals surface area (Å²) in [5.41, 5.74) is 9.04. The Bertz CT molecular complexity index is 926. The summed E-state index contributed by atoms with van der Waals surface area (Å²) in [5.74, 6) is -0.474. The van der Waals surface area contributed by atoms with Crippen molar-refractivity contribution < 1.29 is 4.79 Å². The largest absolute Gasteiger partial charge is 0.367 e. The standard InChI is InChI=1S/C25H34ClN5O/c1-3-21-17-30(24-9-8-23(25(27)32)28-18(24)2)14-15-31(21)22-10-12-29(13-11-22)16-19-4-6-20(26)7-5-19/h4-9,21-22H,3,10-17H2,1-2H3,(H2,27,32)/t21-/m0/s1. The SMILES string of the molecule is CC[C@H]1CN(c2ccc(C(N)=O)nc2C)CCN1C1CCN(Cc2ccc(Cl)cc2)CC1. The highest BCUT2D eigenvalue weighted by Gasteiger charge is 2.33. The van der Waals surface area contributed by atoms with Crippen LogP contribution in [-0.2, 0) is 6.54 Å². The van der Waals surface area contributed by atoms with Crippen LogP contribution in [0, 0.1) is 6.92 Å². The van der Waals surface area contributed by atoms with E-state index in [9.17, 15) is 4.79 Å². The third kappa shape index (κ3) is 5.25. The van der Waals surface area contributed by atoms with Gasteiger partial charge >= 0.3 is 0 Å². The van der Waals surface area contributed by atoms with Gasteiger partial charge < -0.3 is 10.6 Å². The number of carbonyl (C=O) groups is 1. The van der Waals surface area contributed by atoms with Crippen LogP contribution in [0.2, 0.25) is 5.02 Å². The van der Waals surface area contributed by atoms with Crippen LogP contribution in [0.1, 0.15) is 47.9 Å². The van der Waals surface area contributed by atoms with Crippen molar-refractivity contribution in [2.24, 2.45) is 5.73 Å². The van der Waals surface area contributed by atoms with Crippen LogP contribution < -0.4 is 10.6 Å². The maximum Gasteiger partial charge on any atom is 0.267 e. The molecule has 0 unspecified atom stereocenters. The fourth-order valence-corrected chi connectivity index (χ4v) is 5.34. The fourth-order valence-electron chi connectivity index (χ4n) is 5.21. The number of pyridine rings is 1. The number of benzene rings is 1. The summed E-state index contributed by atoms with van der Waals surface area (Å²) in [6.45, 7) is 10.6. The first-order valence-corrected chi connectivity index (χ1v) is 12.1. The molecule has 2 fully saturated rings. The van der Waals surface area contributed by atoms with E-state index in [1.54, 1.807) is 6.07 Å². The molecule has 2 aliphatic heterocycles. The molecule has 4 rings (SSSR count). The van der Waals surface area contributed by atoms with Crippen molar-refractivity contribution in [1.29, 1.82) is 0 Å². The molecular formula is C25H34ClN5O. The van der Waals surface area contributed by atoms with E-state index in [1.807, 2.05) is 25.1 Å². The van der Waals surface area contributed by atoms with Gasteiger partial charge in [0.25, 0.3) is 5.91 Å². The number of halogens is 1. The molecule has 2 aromatic rings. The van der Waals surface area contributed by atoms with E-state index in [0.717, 1.165) is 62.1 Å². The Morgan fingerprint density at radius 1 is 1.09 bits per heavy atom. The van der Waals surface area contributed by atoms with Crippen molar-refractivity contribution in [2.75, 3.05) is 37.6 Å². The van der Waals surface area contributed by atoms with Crippen molar-refractivity contribution in [3.63, 3.8) is 0 Å². The molecule has 0 aliphatic carbocycles. The fraction of sp³-hybridized carbons (Fsp3) is 0.520. The van der Waals surface area contributed by atoms with Crippen molar-refractivity contribution >= 4 is 23.2 Å². The molecule has 0 spiro atoms.